The Morgan fingerprint density at radius 3 is 2.40 bits per heavy atom. The Labute approximate surface area is 181 Å². The Morgan fingerprint density at radius 2 is 1.80 bits per heavy atom. The molecule has 1 amide bonds. The van der Waals surface area contributed by atoms with Crippen molar-refractivity contribution in [2.75, 3.05) is 7.11 Å². The molecule has 0 radical (unpaired) electrons. The number of primary amides is 1. The summed E-state index contributed by atoms with van der Waals surface area (Å²) in [5.74, 6) is -0.800. The monoisotopic (exact) mass is 424 g/mol. The van der Waals surface area contributed by atoms with Gasteiger partial charge in [-0.05, 0) is 43.5 Å². The Hall–Kier alpha value is -3.05. The number of carbonyl (C=O) groups excluding carboxylic acids is 2. The maximum absolute atomic E-state index is 12.4. The van der Waals surface area contributed by atoms with Crippen molar-refractivity contribution in [3.63, 3.8) is 0 Å². The number of ether oxygens (including phenoxy) is 1. The number of amides is 1. The highest BCUT2D eigenvalue weighted by molar-refractivity contribution is 6.30. The van der Waals surface area contributed by atoms with Crippen LogP contribution in [-0.2, 0) is 22.5 Å². The summed E-state index contributed by atoms with van der Waals surface area (Å²) in [6.45, 7) is 4.39. The van der Waals surface area contributed by atoms with E-state index in [1.165, 1.54) is 7.11 Å². The zero-order valence-corrected chi connectivity index (χ0v) is 18.1. The predicted octanol–water partition coefficient (Wildman–Crippen LogP) is 4.68. The average molecular weight is 425 g/mol. The molecular weight excluding hydrogens is 400 g/mol. The van der Waals surface area contributed by atoms with Crippen LogP contribution in [0.2, 0.25) is 5.02 Å². The lowest BCUT2D eigenvalue weighted by Crippen LogP contribution is -2.13. The Bertz CT molecular complexity index is 1080. The summed E-state index contributed by atoms with van der Waals surface area (Å²) in [4.78, 5) is 24.3. The van der Waals surface area contributed by atoms with Gasteiger partial charge in [-0.2, -0.15) is 0 Å². The number of benzene rings is 2. The van der Waals surface area contributed by atoms with E-state index >= 15 is 0 Å². The van der Waals surface area contributed by atoms with Gasteiger partial charge >= 0.3 is 5.97 Å². The van der Waals surface area contributed by atoms with Gasteiger partial charge in [-0.1, -0.05) is 53.6 Å². The van der Waals surface area contributed by atoms with Gasteiger partial charge in [-0.3, -0.25) is 9.59 Å². The third-order valence-electron chi connectivity index (χ3n) is 5.24. The molecule has 3 rings (SSSR count). The maximum Gasteiger partial charge on any atom is 0.305 e. The summed E-state index contributed by atoms with van der Waals surface area (Å²) >= 11 is 6.17. The van der Waals surface area contributed by atoms with Gasteiger partial charge in [-0.25, -0.2) is 0 Å². The Morgan fingerprint density at radius 1 is 1.10 bits per heavy atom. The zero-order chi connectivity index (χ0) is 21.8. The molecule has 1 aromatic heterocycles. The van der Waals surface area contributed by atoms with Gasteiger partial charge in [0, 0.05) is 28.5 Å². The third kappa shape index (κ3) is 4.57. The van der Waals surface area contributed by atoms with Gasteiger partial charge in [0.1, 0.15) is 0 Å². The molecule has 2 aromatic carbocycles. The van der Waals surface area contributed by atoms with Gasteiger partial charge in [0.15, 0.2) is 0 Å². The second kappa shape index (κ2) is 9.18. The first-order chi connectivity index (χ1) is 14.3. The van der Waals surface area contributed by atoms with E-state index in [4.69, 9.17) is 22.1 Å². The van der Waals surface area contributed by atoms with E-state index in [2.05, 4.69) is 0 Å². The molecule has 0 aliphatic carbocycles. The number of aromatic nitrogens is 1. The Kier molecular flexibility index (Phi) is 6.63. The number of rotatable bonds is 7. The first kappa shape index (κ1) is 21.7. The van der Waals surface area contributed by atoms with Crippen LogP contribution in [0.4, 0.5) is 0 Å². The van der Waals surface area contributed by atoms with E-state index in [0.717, 1.165) is 33.6 Å². The second-order valence-electron chi connectivity index (χ2n) is 7.30. The van der Waals surface area contributed by atoms with Crippen molar-refractivity contribution in [1.82, 2.24) is 4.57 Å². The van der Waals surface area contributed by atoms with Crippen molar-refractivity contribution in [3.8, 4) is 11.1 Å². The second-order valence-corrected chi connectivity index (χ2v) is 7.74. The van der Waals surface area contributed by atoms with E-state index in [1.807, 2.05) is 66.9 Å². The van der Waals surface area contributed by atoms with Crippen LogP contribution in [0.15, 0.2) is 48.5 Å². The van der Waals surface area contributed by atoms with Crippen LogP contribution in [0.5, 0.6) is 0 Å². The van der Waals surface area contributed by atoms with E-state index in [-0.39, 0.29) is 12.4 Å². The molecule has 0 bridgehead atoms. The molecule has 0 saturated carbocycles. The van der Waals surface area contributed by atoms with Crippen LogP contribution in [0, 0.1) is 13.8 Å². The van der Waals surface area contributed by atoms with Crippen LogP contribution in [-0.4, -0.2) is 23.6 Å². The van der Waals surface area contributed by atoms with E-state index in [9.17, 15) is 9.59 Å². The van der Waals surface area contributed by atoms with Gasteiger partial charge in [-0.15, -0.1) is 0 Å². The lowest BCUT2D eigenvalue weighted by molar-refractivity contribution is -0.140. The minimum Gasteiger partial charge on any atom is -0.469 e. The molecule has 5 nitrogen and oxygen atoms in total. The van der Waals surface area contributed by atoms with E-state index in [0.29, 0.717) is 23.6 Å². The molecule has 156 valence electrons. The largest absolute Gasteiger partial charge is 0.469 e. The summed E-state index contributed by atoms with van der Waals surface area (Å²) in [5.41, 5.74) is 11.7. The van der Waals surface area contributed by atoms with Crippen molar-refractivity contribution < 1.29 is 14.3 Å². The first-order valence-corrected chi connectivity index (χ1v) is 10.1. The van der Waals surface area contributed by atoms with Gasteiger partial charge in [0.25, 0.3) is 5.91 Å². The van der Waals surface area contributed by atoms with Crippen LogP contribution < -0.4 is 5.73 Å². The fraction of sp³-hybridized carbons (Fsp3) is 0.250. The number of carbonyl (C=O) groups is 2. The SMILES string of the molecule is COC(=O)CCc1c(-c2ccc(C)cc2)c(C(N)=O)c(C)n1Cc1cccc(Cl)c1. The maximum atomic E-state index is 12.4. The fourth-order valence-corrected chi connectivity index (χ4v) is 3.96. The molecule has 0 aliphatic rings. The van der Waals surface area contributed by atoms with E-state index < -0.39 is 5.91 Å². The number of hydrogen-bond donors (Lipinski definition) is 1. The summed E-state index contributed by atoms with van der Waals surface area (Å²) < 4.78 is 6.88. The molecule has 0 aliphatic heterocycles. The molecule has 6 heteroatoms. The lowest BCUT2D eigenvalue weighted by Gasteiger charge is -2.14. The van der Waals surface area contributed by atoms with E-state index in [1.54, 1.807) is 0 Å². The Balaban J connectivity index is 2.20. The summed E-state index contributed by atoms with van der Waals surface area (Å²) in [6, 6.07) is 15.5. The number of hydrogen-bond acceptors (Lipinski definition) is 3. The smallest absolute Gasteiger partial charge is 0.305 e. The lowest BCUT2D eigenvalue weighted by atomic mass is 9.97. The number of nitrogens with zero attached hydrogens (tertiary/aromatic N) is 1. The molecule has 30 heavy (non-hydrogen) atoms. The third-order valence-corrected chi connectivity index (χ3v) is 5.48. The highest BCUT2D eigenvalue weighted by Gasteiger charge is 2.25. The normalized spacial score (nSPS) is 10.8. The first-order valence-electron chi connectivity index (χ1n) is 9.72. The minimum absolute atomic E-state index is 0.201. The number of aryl methyl sites for hydroxylation is 1. The fourth-order valence-electron chi connectivity index (χ4n) is 3.74. The molecule has 2 N–H and O–H groups in total. The van der Waals surface area contributed by atoms with Crippen LogP contribution in [0.3, 0.4) is 0 Å². The topological polar surface area (TPSA) is 74.3 Å². The van der Waals surface area contributed by atoms with Gasteiger partial charge in [0.05, 0.1) is 19.1 Å². The quantitative estimate of drug-likeness (QED) is 0.559. The van der Waals surface area contributed by atoms with Crippen molar-refractivity contribution in [3.05, 3.63) is 81.6 Å². The molecule has 0 spiro atoms. The van der Waals surface area contributed by atoms with Crippen molar-refractivity contribution >= 4 is 23.5 Å². The summed E-state index contributed by atoms with van der Waals surface area (Å²) in [5, 5.41) is 0.641. The van der Waals surface area contributed by atoms with Crippen molar-refractivity contribution in [2.45, 2.75) is 33.2 Å². The van der Waals surface area contributed by atoms with Gasteiger partial charge < -0.3 is 15.0 Å². The molecule has 0 unspecified atom stereocenters. The van der Waals surface area contributed by atoms with Crippen LogP contribution in [0.1, 0.15) is 39.3 Å². The number of methoxy groups -OCH3 is 1. The molecular formula is C24H25ClN2O3. The van der Waals surface area contributed by atoms with Crippen molar-refractivity contribution in [2.24, 2.45) is 5.73 Å². The predicted molar refractivity (Wildman–Crippen MR) is 119 cm³/mol. The molecule has 0 saturated heterocycles. The standard InChI is InChI=1S/C24H25ClN2O3/c1-15-7-9-18(10-8-15)23-20(11-12-21(28)30-3)27(16(2)22(23)24(26)29)14-17-5-4-6-19(25)13-17/h4-10,13H,11-12,14H2,1-3H3,(H2,26,29). The van der Waals surface area contributed by atoms with Gasteiger partial charge in [0.2, 0.25) is 0 Å². The summed E-state index contributed by atoms with van der Waals surface area (Å²) in [6.07, 6.45) is 0.622. The van der Waals surface area contributed by atoms with Crippen LogP contribution >= 0.6 is 11.6 Å². The zero-order valence-electron chi connectivity index (χ0n) is 17.4. The summed E-state index contributed by atoms with van der Waals surface area (Å²) in [7, 11) is 1.37. The average Bonchev–Trinajstić information content (AvgIpc) is 2.98. The minimum atomic E-state index is -0.493. The number of halogens is 1. The highest BCUT2D eigenvalue weighted by atomic mass is 35.5. The molecule has 0 fully saturated rings. The molecule has 0 atom stereocenters. The highest BCUT2D eigenvalue weighted by Crippen LogP contribution is 2.34. The number of esters is 1. The van der Waals surface area contributed by atoms with Crippen molar-refractivity contribution in [1.29, 1.82) is 0 Å². The molecule has 1 heterocycles. The number of nitrogens with two attached hydrogens (primary N) is 1. The molecule has 3 aromatic rings. The van der Waals surface area contributed by atoms with Crippen LogP contribution in [0.25, 0.3) is 11.1 Å².